The van der Waals surface area contributed by atoms with Crippen molar-refractivity contribution in [2.45, 2.75) is 0 Å². The highest BCUT2D eigenvalue weighted by molar-refractivity contribution is 6.30. The van der Waals surface area contributed by atoms with Gasteiger partial charge in [0.2, 0.25) is 11.2 Å². The van der Waals surface area contributed by atoms with Crippen LogP contribution in [-0.4, -0.2) is 17.1 Å². The van der Waals surface area contributed by atoms with Crippen LogP contribution in [0.3, 0.4) is 0 Å². The molecule has 0 aliphatic heterocycles. The quantitative estimate of drug-likeness (QED) is 0.704. The Morgan fingerprint density at radius 3 is 3.00 bits per heavy atom. The molecule has 13 heavy (non-hydrogen) atoms. The maximum absolute atomic E-state index is 5.70. The molecule has 0 aliphatic rings. The van der Waals surface area contributed by atoms with Crippen molar-refractivity contribution in [3.8, 4) is 5.75 Å². The Labute approximate surface area is 78.5 Å². The minimum atomic E-state index is 0.0445. The fraction of sp³-hybridized carbons (Fsp3) is 0.143. The number of anilines is 1. The van der Waals surface area contributed by atoms with E-state index in [1.54, 1.807) is 0 Å². The van der Waals surface area contributed by atoms with Gasteiger partial charge in [0.15, 0.2) is 5.75 Å². The summed E-state index contributed by atoms with van der Waals surface area (Å²) in [6.45, 7) is 0. The highest BCUT2D eigenvalue weighted by Gasteiger charge is 2.11. The van der Waals surface area contributed by atoms with Gasteiger partial charge >= 0.3 is 0 Å². The molecule has 0 unspecified atom stereocenters. The van der Waals surface area contributed by atoms with Crippen LogP contribution in [0.1, 0.15) is 0 Å². The molecular formula is C7H6ClN3O2. The van der Waals surface area contributed by atoms with Crippen molar-refractivity contribution in [3.63, 3.8) is 0 Å². The molecule has 0 atom stereocenters. The first kappa shape index (κ1) is 8.12. The average Bonchev–Trinajstić information content (AvgIpc) is 2.43. The van der Waals surface area contributed by atoms with Crippen molar-refractivity contribution in [3.05, 3.63) is 11.2 Å². The van der Waals surface area contributed by atoms with Crippen molar-refractivity contribution in [1.82, 2.24) is 9.97 Å². The van der Waals surface area contributed by atoms with Crippen LogP contribution in [0, 0.1) is 0 Å². The predicted molar refractivity (Wildman–Crippen MR) is 47.8 cm³/mol. The number of ether oxygens (including phenoxy) is 1. The lowest BCUT2D eigenvalue weighted by molar-refractivity contribution is 0.410. The minimum absolute atomic E-state index is 0.0445. The molecular weight excluding hydrogens is 194 g/mol. The Morgan fingerprint density at radius 2 is 2.31 bits per heavy atom. The van der Waals surface area contributed by atoms with E-state index in [9.17, 15) is 0 Å². The van der Waals surface area contributed by atoms with Crippen LogP contribution in [0.4, 0.5) is 6.01 Å². The van der Waals surface area contributed by atoms with Crippen LogP contribution in [-0.2, 0) is 0 Å². The van der Waals surface area contributed by atoms with Crippen molar-refractivity contribution in [2.75, 3.05) is 12.8 Å². The van der Waals surface area contributed by atoms with Gasteiger partial charge in [-0.15, -0.1) is 0 Å². The lowest BCUT2D eigenvalue weighted by Gasteiger charge is -1.98. The molecule has 68 valence electrons. The van der Waals surface area contributed by atoms with Crippen LogP contribution in [0.25, 0.3) is 11.2 Å². The number of nitrogens with two attached hydrogens (primary N) is 1. The van der Waals surface area contributed by atoms with Gasteiger partial charge in [-0.1, -0.05) is 11.6 Å². The van der Waals surface area contributed by atoms with E-state index >= 15 is 0 Å². The van der Waals surface area contributed by atoms with Gasteiger partial charge < -0.3 is 14.9 Å². The Balaban J connectivity index is 2.80. The molecule has 2 aromatic rings. The summed E-state index contributed by atoms with van der Waals surface area (Å²) in [6.07, 6.45) is 0. The first-order chi connectivity index (χ1) is 6.20. The second-order valence-corrected chi connectivity index (χ2v) is 2.74. The van der Waals surface area contributed by atoms with Gasteiger partial charge in [0.05, 0.1) is 7.11 Å². The number of nitrogens with zero attached hydrogens (tertiary/aromatic N) is 2. The Kier molecular flexibility index (Phi) is 1.73. The first-order valence-corrected chi connectivity index (χ1v) is 3.85. The van der Waals surface area contributed by atoms with Gasteiger partial charge in [0, 0.05) is 6.07 Å². The number of methoxy groups -OCH3 is 1. The topological polar surface area (TPSA) is 74.2 Å². The van der Waals surface area contributed by atoms with Gasteiger partial charge in [-0.05, 0) is 0 Å². The van der Waals surface area contributed by atoms with Crippen LogP contribution >= 0.6 is 11.6 Å². The molecule has 0 spiro atoms. The fourth-order valence-electron chi connectivity index (χ4n) is 1.02. The summed E-state index contributed by atoms with van der Waals surface area (Å²) in [7, 11) is 1.50. The maximum atomic E-state index is 5.70. The van der Waals surface area contributed by atoms with E-state index in [1.165, 1.54) is 13.2 Å². The number of oxazole rings is 1. The summed E-state index contributed by atoms with van der Waals surface area (Å²) in [5.41, 5.74) is 6.10. The molecule has 0 aliphatic carbocycles. The number of nitrogen functional groups attached to an aromatic ring is 1. The molecule has 0 bridgehead atoms. The van der Waals surface area contributed by atoms with Crippen LogP contribution < -0.4 is 10.5 Å². The lowest BCUT2D eigenvalue weighted by Crippen LogP contribution is -1.86. The molecule has 2 N–H and O–H groups in total. The van der Waals surface area contributed by atoms with Crippen LogP contribution in [0.15, 0.2) is 10.5 Å². The average molecular weight is 200 g/mol. The second kappa shape index (κ2) is 2.77. The van der Waals surface area contributed by atoms with Gasteiger partial charge in [-0.3, -0.25) is 0 Å². The summed E-state index contributed by atoms with van der Waals surface area (Å²) in [5, 5.41) is 0.289. The molecule has 0 saturated carbocycles. The third-order valence-corrected chi connectivity index (χ3v) is 1.73. The summed E-state index contributed by atoms with van der Waals surface area (Å²) >= 11 is 5.70. The summed E-state index contributed by atoms with van der Waals surface area (Å²) in [4.78, 5) is 7.72. The standard InChI is InChI=1S/C7H6ClN3O2/c1-12-3-2-4(8)10-6-5(3)13-7(9)11-6/h2H,1H3,(H2,9,10,11). The molecule has 0 aromatic carbocycles. The van der Waals surface area contributed by atoms with Gasteiger partial charge in [-0.25, -0.2) is 4.98 Å². The summed E-state index contributed by atoms with van der Waals surface area (Å²) in [6, 6.07) is 1.58. The van der Waals surface area contributed by atoms with E-state index in [0.29, 0.717) is 17.0 Å². The zero-order valence-electron chi connectivity index (χ0n) is 6.74. The molecule has 2 rings (SSSR count). The number of hydrogen-bond donors (Lipinski definition) is 1. The van der Waals surface area contributed by atoms with E-state index in [2.05, 4.69) is 9.97 Å². The molecule has 0 radical (unpaired) electrons. The number of hydrogen-bond acceptors (Lipinski definition) is 5. The largest absolute Gasteiger partial charge is 0.493 e. The van der Waals surface area contributed by atoms with Crippen molar-refractivity contribution in [1.29, 1.82) is 0 Å². The smallest absolute Gasteiger partial charge is 0.294 e. The number of pyridine rings is 1. The Hall–Kier alpha value is -1.49. The zero-order valence-corrected chi connectivity index (χ0v) is 7.50. The number of aromatic nitrogens is 2. The highest BCUT2D eigenvalue weighted by atomic mass is 35.5. The third kappa shape index (κ3) is 1.27. The monoisotopic (exact) mass is 199 g/mol. The zero-order chi connectivity index (χ0) is 9.42. The van der Waals surface area contributed by atoms with E-state index in [1.807, 2.05) is 0 Å². The van der Waals surface area contributed by atoms with E-state index in [0.717, 1.165) is 0 Å². The van der Waals surface area contributed by atoms with Gasteiger partial charge in [0.25, 0.3) is 6.01 Å². The van der Waals surface area contributed by atoms with Gasteiger partial charge in [0.1, 0.15) is 5.15 Å². The molecule has 6 heteroatoms. The Bertz CT molecular complexity index is 454. The third-order valence-electron chi connectivity index (χ3n) is 1.53. The summed E-state index contributed by atoms with van der Waals surface area (Å²) in [5.74, 6) is 0.471. The molecule has 0 amide bonds. The molecule has 0 saturated heterocycles. The van der Waals surface area contributed by atoms with Crippen LogP contribution in [0.5, 0.6) is 5.75 Å². The predicted octanol–water partition coefficient (Wildman–Crippen LogP) is 1.47. The fourth-order valence-corrected chi connectivity index (χ4v) is 1.20. The molecule has 2 heterocycles. The van der Waals surface area contributed by atoms with Gasteiger partial charge in [-0.2, -0.15) is 4.98 Å². The number of fused-ring (bicyclic) bond motifs is 1. The molecule has 2 aromatic heterocycles. The van der Waals surface area contributed by atoms with E-state index < -0.39 is 0 Å². The lowest BCUT2D eigenvalue weighted by atomic mass is 10.4. The number of halogens is 1. The second-order valence-electron chi connectivity index (χ2n) is 2.35. The molecule has 0 fully saturated rings. The van der Waals surface area contributed by atoms with Crippen molar-refractivity contribution < 1.29 is 9.15 Å². The molecule has 5 nitrogen and oxygen atoms in total. The van der Waals surface area contributed by atoms with Crippen molar-refractivity contribution in [2.24, 2.45) is 0 Å². The van der Waals surface area contributed by atoms with Crippen molar-refractivity contribution >= 4 is 28.8 Å². The normalized spacial score (nSPS) is 10.6. The Morgan fingerprint density at radius 1 is 1.54 bits per heavy atom. The first-order valence-electron chi connectivity index (χ1n) is 3.47. The SMILES string of the molecule is COc1cc(Cl)nc2nc(N)oc12. The maximum Gasteiger partial charge on any atom is 0.294 e. The highest BCUT2D eigenvalue weighted by Crippen LogP contribution is 2.28. The summed E-state index contributed by atoms with van der Waals surface area (Å²) < 4.78 is 10.1. The van der Waals surface area contributed by atoms with Crippen LogP contribution in [0.2, 0.25) is 5.15 Å². The van der Waals surface area contributed by atoms with E-state index in [-0.39, 0.29) is 11.2 Å². The van der Waals surface area contributed by atoms with E-state index in [4.69, 9.17) is 26.5 Å². The minimum Gasteiger partial charge on any atom is -0.493 e. The number of rotatable bonds is 1.